The zero-order valence-electron chi connectivity index (χ0n) is 20.2. The number of halogens is 3. The maximum absolute atomic E-state index is 13.0. The molecule has 3 aromatic rings. The Kier molecular flexibility index (Phi) is 9.25. The highest BCUT2D eigenvalue weighted by Gasteiger charge is 2.48. The fraction of sp³-hybridized carbons (Fsp3) is 0.333. The van der Waals surface area contributed by atoms with Crippen molar-refractivity contribution in [2.45, 2.75) is 45.0 Å². The third kappa shape index (κ3) is 7.40. The molecule has 0 aliphatic carbocycles. The van der Waals surface area contributed by atoms with E-state index >= 15 is 0 Å². The Hall–Kier alpha value is -3.20. The van der Waals surface area contributed by atoms with E-state index in [-0.39, 0.29) is 0 Å². The van der Waals surface area contributed by atoms with Crippen molar-refractivity contribution in [3.05, 3.63) is 66.7 Å². The number of ether oxygens (including phenoxy) is 2. The summed E-state index contributed by atoms with van der Waals surface area (Å²) in [4.78, 5) is 0. The molecular weight excluding hydrogens is 493 g/mol. The largest absolute Gasteiger partial charge is 0.534 e. The SMILES string of the molecule is CCCCOc1ccc(-c2cc(OS(=O)(=O)C(F)(F)F)cc(-c3ccc(OCCCC)cc3)c2)cc1. The van der Waals surface area contributed by atoms with Gasteiger partial charge in [0, 0.05) is 0 Å². The van der Waals surface area contributed by atoms with Gasteiger partial charge in [-0.2, -0.15) is 21.6 Å². The molecule has 0 aliphatic rings. The van der Waals surface area contributed by atoms with Crippen LogP contribution in [0.5, 0.6) is 17.2 Å². The summed E-state index contributed by atoms with van der Waals surface area (Å²) < 4.78 is 78.1. The number of hydrogen-bond acceptors (Lipinski definition) is 5. The first-order chi connectivity index (χ1) is 17.1. The smallest absolute Gasteiger partial charge is 0.494 e. The van der Waals surface area contributed by atoms with Gasteiger partial charge in [-0.05, 0) is 77.6 Å². The van der Waals surface area contributed by atoms with Crippen LogP contribution in [0.2, 0.25) is 0 Å². The second-order valence-electron chi connectivity index (χ2n) is 8.18. The number of alkyl halides is 3. The summed E-state index contributed by atoms with van der Waals surface area (Å²) >= 11 is 0. The van der Waals surface area contributed by atoms with Crippen molar-refractivity contribution >= 4 is 10.1 Å². The third-order valence-corrected chi connectivity index (χ3v) is 6.28. The van der Waals surface area contributed by atoms with E-state index in [0.29, 0.717) is 47.0 Å². The molecule has 9 heteroatoms. The molecule has 0 amide bonds. The van der Waals surface area contributed by atoms with Gasteiger partial charge in [0.05, 0.1) is 13.2 Å². The molecule has 0 aromatic heterocycles. The van der Waals surface area contributed by atoms with Crippen molar-refractivity contribution in [1.82, 2.24) is 0 Å². The van der Waals surface area contributed by atoms with E-state index in [1.807, 2.05) is 0 Å². The Morgan fingerprint density at radius 1 is 0.639 bits per heavy atom. The van der Waals surface area contributed by atoms with Crippen LogP contribution >= 0.6 is 0 Å². The van der Waals surface area contributed by atoms with Gasteiger partial charge in [-0.3, -0.25) is 0 Å². The molecule has 0 saturated carbocycles. The lowest BCUT2D eigenvalue weighted by Crippen LogP contribution is -2.28. The second-order valence-corrected chi connectivity index (χ2v) is 9.72. The van der Waals surface area contributed by atoms with E-state index < -0.39 is 21.4 Å². The Morgan fingerprint density at radius 2 is 1.06 bits per heavy atom. The minimum Gasteiger partial charge on any atom is -0.494 e. The van der Waals surface area contributed by atoms with Crippen molar-refractivity contribution in [2.75, 3.05) is 13.2 Å². The van der Waals surface area contributed by atoms with Gasteiger partial charge in [-0.15, -0.1) is 0 Å². The summed E-state index contributed by atoms with van der Waals surface area (Å²) in [5, 5.41) is 0. The van der Waals surface area contributed by atoms with Gasteiger partial charge < -0.3 is 13.7 Å². The van der Waals surface area contributed by atoms with Crippen molar-refractivity contribution in [1.29, 1.82) is 0 Å². The van der Waals surface area contributed by atoms with Gasteiger partial charge in [0.25, 0.3) is 0 Å². The molecule has 3 rings (SSSR count). The quantitative estimate of drug-likeness (QED) is 0.139. The van der Waals surface area contributed by atoms with Crippen LogP contribution in [0.25, 0.3) is 22.3 Å². The lowest BCUT2D eigenvalue weighted by molar-refractivity contribution is -0.0500. The lowest BCUT2D eigenvalue weighted by Gasteiger charge is -2.14. The fourth-order valence-electron chi connectivity index (χ4n) is 3.31. The molecule has 0 aliphatic heterocycles. The molecule has 0 spiro atoms. The molecule has 0 unspecified atom stereocenters. The second kappa shape index (κ2) is 12.2. The van der Waals surface area contributed by atoms with Crippen LogP contribution in [0, 0.1) is 0 Å². The predicted octanol–water partition coefficient (Wildman–Crippen LogP) is 7.61. The monoisotopic (exact) mass is 522 g/mol. The summed E-state index contributed by atoms with van der Waals surface area (Å²) in [6.45, 7) is 5.28. The van der Waals surface area contributed by atoms with Crippen molar-refractivity contribution in [2.24, 2.45) is 0 Å². The van der Waals surface area contributed by atoms with Crippen LogP contribution in [0.3, 0.4) is 0 Å². The first-order valence-electron chi connectivity index (χ1n) is 11.7. The summed E-state index contributed by atoms with van der Waals surface area (Å²) in [6.07, 6.45) is 3.84. The van der Waals surface area contributed by atoms with Crippen molar-refractivity contribution in [3.63, 3.8) is 0 Å². The van der Waals surface area contributed by atoms with Gasteiger partial charge in [-0.1, -0.05) is 51.0 Å². The van der Waals surface area contributed by atoms with E-state index in [4.69, 9.17) is 9.47 Å². The highest BCUT2D eigenvalue weighted by Crippen LogP contribution is 2.35. The lowest BCUT2D eigenvalue weighted by atomic mass is 9.98. The molecule has 3 aromatic carbocycles. The van der Waals surface area contributed by atoms with Crippen molar-refractivity contribution < 1.29 is 35.2 Å². The van der Waals surface area contributed by atoms with E-state index in [2.05, 4.69) is 18.0 Å². The van der Waals surface area contributed by atoms with Crippen LogP contribution in [-0.2, 0) is 10.1 Å². The van der Waals surface area contributed by atoms with Gasteiger partial charge in [0.1, 0.15) is 17.2 Å². The summed E-state index contributed by atoms with van der Waals surface area (Å²) in [6, 6.07) is 18.3. The Morgan fingerprint density at radius 3 is 1.42 bits per heavy atom. The van der Waals surface area contributed by atoms with Crippen LogP contribution in [0.4, 0.5) is 13.2 Å². The van der Waals surface area contributed by atoms with Crippen LogP contribution in [0.15, 0.2) is 66.7 Å². The maximum atomic E-state index is 13.0. The average molecular weight is 523 g/mol. The van der Waals surface area contributed by atoms with E-state index in [9.17, 15) is 21.6 Å². The molecule has 0 bridgehead atoms. The molecule has 0 atom stereocenters. The molecule has 0 saturated heterocycles. The molecule has 0 N–H and O–H groups in total. The van der Waals surface area contributed by atoms with E-state index in [1.165, 1.54) is 12.1 Å². The van der Waals surface area contributed by atoms with E-state index in [1.54, 1.807) is 54.6 Å². The van der Waals surface area contributed by atoms with Gasteiger partial charge >= 0.3 is 15.6 Å². The minimum absolute atomic E-state index is 0.439. The molecular formula is C27H29F3O5S. The number of benzene rings is 3. The summed E-state index contributed by atoms with van der Waals surface area (Å²) in [7, 11) is -5.83. The first-order valence-corrected chi connectivity index (χ1v) is 13.2. The highest BCUT2D eigenvalue weighted by atomic mass is 32.2. The zero-order chi connectivity index (χ0) is 26.2. The Labute approximate surface area is 210 Å². The first kappa shape index (κ1) is 27.4. The number of hydrogen-bond donors (Lipinski definition) is 0. The van der Waals surface area contributed by atoms with Crippen LogP contribution < -0.4 is 13.7 Å². The molecule has 194 valence electrons. The minimum atomic E-state index is -5.83. The highest BCUT2D eigenvalue weighted by molar-refractivity contribution is 7.88. The normalized spacial score (nSPS) is 11.8. The van der Waals surface area contributed by atoms with Gasteiger partial charge in [0.15, 0.2) is 0 Å². The van der Waals surface area contributed by atoms with Crippen molar-refractivity contribution in [3.8, 4) is 39.5 Å². The van der Waals surface area contributed by atoms with Gasteiger partial charge in [0.2, 0.25) is 0 Å². The molecule has 36 heavy (non-hydrogen) atoms. The summed E-state index contributed by atoms with van der Waals surface area (Å²) in [5.74, 6) is 0.891. The van der Waals surface area contributed by atoms with E-state index in [0.717, 1.165) is 25.7 Å². The average Bonchev–Trinajstić information content (AvgIpc) is 2.84. The number of rotatable bonds is 12. The molecule has 0 heterocycles. The molecule has 0 radical (unpaired) electrons. The Bertz CT molecular complexity index is 1150. The number of unbranched alkanes of at least 4 members (excludes halogenated alkanes) is 2. The maximum Gasteiger partial charge on any atom is 0.534 e. The summed E-state index contributed by atoms with van der Waals surface area (Å²) in [5.41, 5.74) is -3.24. The topological polar surface area (TPSA) is 61.8 Å². The van der Waals surface area contributed by atoms with Crippen LogP contribution in [0.1, 0.15) is 39.5 Å². The molecule has 0 fully saturated rings. The van der Waals surface area contributed by atoms with Crippen LogP contribution in [-0.4, -0.2) is 27.1 Å². The third-order valence-electron chi connectivity index (χ3n) is 5.30. The Balaban J connectivity index is 1.95. The van der Waals surface area contributed by atoms with Gasteiger partial charge in [-0.25, -0.2) is 0 Å². The zero-order valence-corrected chi connectivity index (χ0v) is 21.0. The fourth-order valence-corrected chi connectivity index (χ4v) is 3.75. The predicted molar refractivity (Wildman–Crippen MR) is 134 cm³/mol. The molecule has 5 nitrogen and oxygen atoms in total. The standard InChI is InChI=1S/C27H29F3O5S/c1-3-5-15-33-24-11-7-20(8-12-24)22-17-23(19-26(18-22)35-36(31,32)27(28,29)30)21-9-13-25(14-10-21)34-16-6-4-2/h7-14,17-19H,3-6,15-16H2,1-2H3.